The van der Waals surface area contributed by atoms with Crippen molar-refractivity contribution in [2.75, 3.05) is 39.6 Å². The Bertz CT molecular complexity index is 355. The lowest BCUT2D eigenvalue weighted by molar-refractivity contribution is -0.137. The van der Waals surface area contributed by atoms with Crippen LogP contribution in [0.5, 0.6) is 0 Å². The zero-order valence-electron chi connectivity index (χ0n) is 20.7. The fraction of sp³-hybridized carbons (Fsp3) is 0.958. The molecule has 0 saturated carbocycles. The molecule has 0 saturated heterocycles. The highest BCUT2D eigenvalue weighted by atomic mass is 16.4. The summed E-state index contributed by atoms with van der Waals surface area (Å²) in [7, 11) is 0. The first kappa shape index (κ1) is 36.8. The fourth-order valence-electron chi connectivity index (χ4n) is 2.65. The van der Waals surface area contributed by atoms with Gasteiger partial charge in [-0.3, -0.25) is 4.79 Å². The van der Waals surface area contributed by atoms with Crippen LogP contribution in [0.25, 0.3) is 0 Å². The van der Waals surface area contributed by atoms with Crippen molar-refractivity contribution in [3.05, 3.63) is 0 Å². The lowest BCUT2D eigenvalue weighted by Crippen LogP contribution is -2.37. The number of hydrogen-bond donors (Lipinski definition) is 8. The fourth-order valence-corrected chi connectivity index (χ4v) is 2.65. The number of unbranched alkanes of at least 4 members (excludes halogenated alkanes) is 12. The average Bonchev–Trinajstić information content (AvgIpc) is 2.84. The van der Waals surface area contributed by atoms with Crippen molar-refractivity contribution in [2.45, 2.75) is 103 Å². The Morgan fingerprint density at radius 2 is 0.909 bits per heavy atom. The predicted molar refractivity (Wildman–Crippen MR) is 129 cm³/mol. The number of carboxylic acid groups (broad SMARTS) is 1. The lowest BCUT2D eigenvalue weighted by atomic mass is 9.93. The highest BCUT2D eigenvalue weighted by Gasteiger charge is 2.26. The Morgan fingerprint density at radius 3 is 1.09 bits per heavy atom. The highest BCUT2D eigenvalue weighted by molar-refractivity contribution is 5.66. The molecule has 0 spiro atoms. The van der Waals surface area contributed by atoms with E-state index >= 15 is 0 Å². The molecule has 0 amide bonds. The molecule has 0 radical (unpaired) electrons. The van der Waals surface area contributed by atoms with E-state index in [-0.39, 0.29) is 13.2 Å². The van der Waals surface area contributed by atoms with Gasteiger partial charge in [0.1, 0.15) is 6.10 Å². The van der Waals surface area contributed by atoms with E-state index in [1.807, 2.05) is 0 Å². The monoisotopic (exact) mass is 484 g/mol. The van der Waals surface area contributed by atoms with Gasteiger partial charge < -0.3 is 40.9 Å². The first-order valence-electron chi connectivity index (χ1n) is 12.4. The van der Waals surface area contributed by atoms with Crippen LogP contribution in [0.3, 0.4) is 0 Å². The van der Waals surface area contributed by atoms with E-state index in [1.54, 1.807) is 0 Å². The third-order valence-corrected chi connectivity index (χ3v) is 5.26. The number of carboxylic acids is 1. The highest BCUT2D eigenvalue weighted by Crippen LogP contribution is 2.13. The molecule has 8 N–H and O–H groups in total. The van der Waals surface area contributed by atoms with Gasteiger partial charge in [0.25, 0.3) is 0 Å². The summed E-state index contributed by atoms with van der Waals surface area (Å²) in [5, 5.41) is 66.5. The van der Waals surface area contributed by atoms with E-state index in [1.165, 1.54) is 70.6 Å². The second kappa shape index (κ2) is 29.2. The van der Waals surface area contributed by atoms with E-state index < -0.39 is 43.9 Å². The van der Waals surface area contributed by atoms with Crippen LogP contribution in [0.1, 0.15) is 96.8 Å². The molecule has 0 bridgehead atoms. The summed E-state index contributed by atoms with van der Waals surface area (Å²) in [5.74, 6) is -0.655. The minimum Gasteiger partial charge on any atom is -0.481 e. The molecule has 0 heterocycles. The number of hydrogen-bond acceptors (Lipinski definition) is 8. The van der Waals surface area contributed by atoms with Gasteiger partial charge in [0.2, 0.25) is 0 Å². The Morgan fingerprint density at radius 1 is 0.606 bits per heavy atom. The van der Waals surface area contributed by atoms with Gasteiger partial charge in [-0.05, 0) is 6.42 Å². The molecule has 202 valence electrons. The van der Waals surface area contributed by atoms with Gasteiger partial charge in [-0.2, -0.15) is 0 Å². The first-order valence-corrected chi connectivity index (χ1v) is 12.4. The molecule has 0 rings (SSSR count). The molecular formula is C24H52O9. The zero-order chi connectivity index (χ0) is 25.8. The van der Waals surface area contributed by atoms with Gasteiger partial charge in [0.05, 0.1) is 45.1 Å². The molecule has 0 atom stereocenters. The van der Waals surface area contributed by atoms with Crippen molar-refractivity contribution >= 4 is 5.97 Å². The summed E-state index contributed by atoms with van der Waals surface area (Å²) in [5.41, 5.74) is -1.11. The summed E-state index contributed by atoms with van der Waals surface area (Å²) in [4.78, 5) is 10.3. The van der Waals surface area contributed by atoms with Gasteiger partial charge in [-0.1, -0.05) is 84.0 Å². The maximum Gasteiger partial charge on any atom is 0.303 e. The largest absolute Gasteiger partial charge is 0.481 e. The SMILES string of the molecule is CCCCCCCCCCCCCCCC(=O)O.OCC(CO)(CO)CO.OCC(O)CO. The maximum absolute atomic E-state index is 10.3. The van der Waals surface area contributed by atoms with Crippen LogP contribution in [-0.2, 0) is 4.79 Å². The summed E-state index contributed by atoms with van der Waals surface area (Å²) in [6.45, 7) is -0.0938. The van der Waals surface area contributed by atoms with Crippen molar-refractivity contribution in [1.29, 1.82) is 0 Å². The third-order valence-electron chi connectivity index (χ3n) is 5.26. The molecule has 0 aromatic carbocycles. The Kier molecular flexibility index (Phi) is 32.5. The van der Waals surface area contributed by atoms with Crippen LogP contribution in [0, 0.1) is 5.41 Å². The molecule has 0 aromatic rings. The van der Waals surface area contributed by atoms with Crippen LogP contribution in [0.2, 0.25) is 0 Å². The van der Waals surface area contributed by atoms with Crippen LogP contribution < -0.4 is 0 Å². The smallest absolute Gasteiger partial charge is 0.303 e. The van der Waals surface area contributed by atoms with E-state index in [9.17, 15) is 4.79 Å². The minimum atomic E-state index is -1.11. The van der Waals surface area contributed by atoms with Gasteiger partial charge in [-0.25, -0.2) is 0 Å². The van der Waals surface area contributed by atoms with Crippen molar-refractivity contribution < 1.29 is 45.6 Å². The maximum atomic E-state index is 10.3. The van der Waals surface area contributed by atoms with Crippen LogP contribution in [-0.4, -0.2) is 92.6 Å². The molecule has 33 heavy (non-hydrogen) atoms. The molecule has 0 aromatic heterocycles. The molecule has 0 aliphatic rings. The van der Waals surface area contributed by atoms with Crippen molar-refractivity contribution in [3.63, 3.8) is 0 Å². The molecule has 9 heteroatoms. The molecule has 0 unspecified atom stereocenters. The number of aliphatic carboxylic acids is 1. The molecule has 0 aliphatic heterocycles. The Hall–Kier alpha value is -0.810. The van der Waals surface area contributed by atoms with Gasteiger partial charge >= 0.3 is 5.97 Å². The standard InChI is InChI=1S/C16H32O2.C5H12O4.C3H8O3/c1-2-3-4-5-6-7-8-9-10-11-12-13-14-15-16(17)18;6-1-5(2-7,3-8)4-9;4-1-3(6)2-5/h2-15H2,1H3,(H,17,18);6-9H,1-4H2;3-6H,1-2H2. The van der Waals surface area contributed by atoms with Crippen LogP contribution in [0.15, 0.2) is 0 Å². The average molecular weight is 485 g/mol. The lowest BCUT2D eigenvalue weighted by Gasteiger charge is -2.23. The van der Waals surface area contributed by atoms with Crippen LogP contribution >= 0.6 is 0 Å². The normalized spacial score (nSPS) is 10.9. The van der Waals surface area contributed by atoms with Crippen molar-refractivity contribution in [2.24, 2.45) is 5.41 Å². The molecule has 0 fully saturated rings. The number of rotatable bonds is 20. The first-order chi connectivity index (χ1) is 15.8. The Balaban J connectivity index is -0.000000496. The van der Waals surface area contributed by atoms with Crippen LogP contribution in [0.4, 0.5) is 0 Å². The van der Waals surface area contributed by atoms with E-state index in [0.29, 0.717) is 6.42 Å². The summed E-state index contributed by atoms with van der Waals surface area (Å²) < 4.78 is 0. The number of aliphatic hydroxyl groups is 7. The van der Waals surface area contributed by atoms with Crippen molar-refractivity contribution in [3.8, 4) is 0 Å². The van der Waals surface area contributed by atoms with E-state index in [0.717, 1.165) is 12.8 Å². The molecule has 9 nitrogen and oxygen atoms in total. The number of carbonyl (C=O) groups is 1. The summed E-state index contributed by atoms with van der Waals surface area (Å²) in [6, 6.07) is 0. The second-order valence-electron chi connectivity index (χ2n) is 8.54. The van der Waals surface area contributed by atoms with Crippen molar-refractivity contribution in [1.82, 2.24) is 0 Å². The summed E-state index contributed by atoms with van der Waals surface area (Å²) in [6.07, 6.45) is 16.3. The third kappa shape index (κ3) is 29.2. The predicted octanol–water partition coefficient (Wildman–Crippen LogP) is 1.83. The van der Waals surface area contributed by atoms with Gasteiger partial charge in [-0.15, -0.1) is 0 Å². The van der Waals surface area contributed by atoms with Gasteiger partial charge in [0, 0.05) is 6.42 Å². The van der Waals surface area contributed by atoms with E-state index in [4.69, 9.17) is 40.9 Å². The second-order valence-corrected chi connectivity index (χ2v) is 8.54. The zero-order valence-corrected chi connectivity index (χ0v) is 20.7. The molecular weight excluding hydrogens is 432 g/mol. The van der Waals surface area contributed by atoms with E-state index in [2.05, 4.69) is 6.92 Å². The van der Waals surface area contributed by atoms with Gasteiger partial charge in [0.15, 0.2) is 0 Å². The molecule has 0 aliphatic carbocycles. The Labute approximate surface area is 200 Å². The number of aliphatic hydroxyl groups excluding tert-OH is 7. The quantitative estimate of drug-likeness (QED) is 0.120. The topological polar surface area (TPSA) is 179 Å². The minimum absolute atomic E-state index is 0.345. The summed E-state index contributed by atoms with van der Waals surface area (Å²) >= 11 is 0.